The summed E-state index contributed by atoms with van der Waals surface area (Å²) in [7, 11) is 3.28. The number of hydrogen-bond donors (Lipinski definition) is 0. The van der Waals surface area contributed by atoms with Crippen molar-refractivity contribution in [3.63, 3.8) is 0 Å². The van der Waals surface area contributed by atoms with Crippen LogP contribution in [0, 0.1) is 0 Å². The van der Waals surface area contributed by atoms with E-state index in [9.17, 15) is 4.79 Å². The molecule has 5 heteroatoms. The molecule has 0 N–H and O–H groups in total. The zero-order valence-electron chi connectivity index (χ0n) is 14.5. The number of halogens is 1. The Morgan fingerprint density at radius 2 is 1.84 bits per heavy atom. The number of methoxy groups -OCH3 is 2. The van der Waals surface area contributed by atoms with Gasteiger partial charge in [-0.1, -0.05) is 23.7 Å². The SMILES string of the molecule is COc1ccc(OC)c(CN(C(=O)Cc2ccc(Cl)cc2)C2CC2)c1. The Bertz CT molecular complexity index is 741. The Morgan fingerprint density at radius 3 is 2.44 bits per heavy atom. The minimum absolute atomic E-state index is 0.120. The van der Waals surface area contributed by atoms with Gasteiger partial charge in [-0.05, 0) is 48.7 Å². The average molecular weight is 360 g/mol. The lowest BCUT2D eigenvalue weighted by atomic mass is 10.1. The first-order valence-corrected chi connectivity index (χ1v) is 8.73. The highest BCUT2D eigenvalue weighted by Gasteiger charge is 2.33. The smallest absolute Gasteiger partial charge is 0.227 e. The van der Waals surface area contributed by atoms with Gasteiger partial charge in [0.25, 0.3) is 0 Å². The van der Waals surface area contributed by atoms with Crippen molar-refractivity contribution in [3.05, 3.63) is 58.6 Å². The molecule has 1 aliphatic rings. The number of carbonyl (C=O) groups excluding carboxylic acids is 1. The van der Waals surface area contributed by atoms with Crippen LogP contribution in [0.5, 0.6) is 11.5 Å². The van der Waals surface area contributed by atoms with Crippen molar-refractivity contribution in [1.82, 2.24) is 4.90 Å². The standard InChI is InChI=1S/C20H22ClNO3/c1-24-18-9-10-19(25-2)15(12-18)13-22(17-7-8-17)20(23)11-14-3-5-16(21)6-4-14/h3-6,9-10,12,17H,7-8,11,13H2,1-2H3. The Morgan fingerprint density at radius 1 is 1.12 bits per heavy atom. The Labute approximate surface area is 153 Å². The van der Waals surface area contributed by atoms with Gasteiger partial charge in [0.2, 0.25) is 5.91 Å². The maximum absolute atomic E-state index is 12.9. The summed E-state index contributed by atoms with van der Waals surface area (Å²) in [6.45, 7) is 0.525. The molecule has 1 fully saturated rings. The van der Waals surface area contributed by atoms with Crippen LogP contribution in [0.3, 0.4) is 0 Å². The van der Waals surface area contributed by atoms with Gasteiger partial charge in [-0.3, -0.25) is 4.79 Å². The van der Waals surface area contributed by atoms with Crippen molar-refractivity contribution in [2.45, 2.75) is 31.8 Å². The Balaban J connectivity index is 1.77. The summed E-state index contributed by atoms with van der Waals surface area (Å²) >= 11 is 5.92. The fourth-order valence-corrected chi connectivity index (χ4v) is 3.00. The van der Waals surface area contributed by atoms with Gasteiger partial charge in [0, 0.05) is 23.2 Å². The molecule has 4 nitrogen and oxygen atoms in total. The van der Waals surface area contributed by atoms with Crippen molar-refractivity contribution in [2.75, 3.05) is 14.2 Å². The minimum atomic E-state index is 0.120. The molecule has 0 unspecified atom stereocenters. The third kappa shape index (κ3) is 4.45. The summed E-state index contributed by atoms with van der Waals surface area (Å²) in [6.07, 6.45) is 2.48. The first-order valence-electron chi connectivity index (χ1n) is 8.35. The molecule has 0 saturated heterocycles. The molecule has 0 radical (unpaired) electrons. The zero-order chi connectivity index (χ0) is 17.8. The molecule has 1 amide bonds. The molecule has 1 aliphatic carbocycles. The molecule has 0 aromatic heterocycles. The molecule has 3 rings (SSSR count). The fourth-order valence-electron chi connectivity index (χ4n) is 2.87. The zero-order valence-corrected chi connectivity index (χ0v) is 15.3. The van der Waals surface area contributed by atoms with Gasteiger partial charge in [-0.2, -0.15) is 0 Å². The summed E-state index contributed by atoms with van der Waals surface area (Å²) in [5.74, 6) is 1.65. The van der Waals surface area contributed by atoms with E-state index in [0.29, 0.717) is 24.0 Å². The number of amides is 1. The van der Waals surface area contributed by atoms with Crippen molar-refractivity contribution >= 4 is 17.5 Å². The Hall–Kier alpha value is -2.20. The number of nitrogens with zero attached hydrogens (tertiary/aromatic N) is 1. The van der Waals surface area contributed by atoms with Crippen LogP contribution >= 0.6 is 11.6 Å². The summed E-state index contributed by atoms with van der Waals surface area (Å²) < 4.78 is 10.8. The molecule has 0 atom stereocenters. The maximum atomic E-state index is 12.9. The molecule has 0 bridgehead atoms. The second kappa shape index (κ2) is 7.79. The first kappa shape index (κ1) is 17.6. The van der Waals surface area contributed by atoms with E-state index in [-0.39, 0.29) is 5.91 Å². The van der Waals surface area contributed by atoms with E-state index in [2.05, 4.69) is 0 Å². The van der Waals surface area contributed by atoms with Gasteiger partial charge in [0.05, 0.1) is 20.6 Å². The van der Waals surface area contributed by atoms with E-state index in [1.165, 1.54) is 0 Å². The molecular weight excluding hydrogens is 338 g/mol. The number of ether oxygens (including phenoxy) is 2. The van der Waals surface area contributed by atoms with Gasteiger partial charge in [-0.15, -0.1) is 0 Å². The van der Waals surface area contributed by atoms with Crippen molar-refractivity contribution < 1.29 is 14.3 Å². The molecule has 2 aromatic rings. The van der Waals surface area contributed by atoms with Crippen LogP contribution in [0.15, 0.2) is 42.5 Å². The summed E-state index contributed by atoms with van der Waals surface area (Å²) in [5.41, 5.74) is 1.93. The lowest BCUT2D eigenvalue weighted by Crippen LogP contribution is -2.34. The van der Waals surface area contributed by atoms with Crippen LogP contribution in [0.1, 0.15) is 24.0 Å². The molecule has 0 spiro atoms. The van der Waals surface area contributed by atoms with Crippen LogP contribution in [-0.4, -0.2) is 31.1 Å². The van der Waals surface area contributed by atoms with Gasteiger partial charge >= 0.3 is 0 Å². The van der Waals surface area contributed by atoms with Crippen molar-refractivity contribution in [2.24, 2.45) is 0 Å². The van der Waals surface area contributed by atoms with E-state index in [4.69, 9.17) is 21.1 Å². The van der Waals surface area contributed by atoms with E-state index in [0.717, 1.165) is 35.5 Å². The summed E-state index contributed by atoms with van der Waals surface area (Å²) in [5, 5.41) is 0.677. The van der Waals surface area contributed by atoms with E-state index in [1.54, 1.807) is 14.2 Å². The van der Waals surface area contributed by atoms with Crippen molar-refractivity contribution in [3.8, 4) is 11.5 Å². The van der Waals surface area contributed by atoms with Gasteiger partial charge in [0.1, 0.15) is 11.5 Å². The predicted octanol–water partition coefficient (Wildman–Crippen LogP) is 4.09. The summed E-state index contributed by atoms with van der Waals surface area (Å²) in [4.78, 5) is 14.8. The lowest BCUT2D eigenvalue weighted by molar-refractivity contribution is -0.131. The molecule has 2 aromatic carbocycles. The van der Waals surface area contributed by atoms with Crippen LogP contribution in [0.4, 0.5) is 0 Å². The highest BCUT2D eigenvalue weighted by atomic mass is 35.5. The number of benzene rings is 2. The normalized spacial score (nSPS) is 13.4. The average Bonchev–Trinajstić information content (AvgIpc) is 3.46. The maximum Gasteiger partial charge on any atom is 0.227 e. The number of carbonyl (C=O) groups is 1. The Kier molecular flexibility index (Phi) is 5.49. The van der Waals surface area contributed by atoms with Gasteiger partial charge in [-0.25, -0.2) is 0 Å². The molecule has 0 heterocycles. The number of hydrogen-bond acceptors (Lipinski definition) is 3. The third-order valence-corrected chi connectivity index (χ3v) is 4.66. The topological polar surface area (TPSA) is 38.8 Å². The van der Waals surface area contributed by atoms with E-state index < -0.39 is 0 Å². The second-order valence-electron chi connectivity index (χ2n) is 6.23. The highest BCUT2D eigenvalue weighted by molar-refractivity contribution is 6.30. The van der Waals surface area contributed by atoms with E-state index in [1.807, 2.05) is 47.4 Å². The van der Waals surface area contributed by atoms with Crippen LogP contribution in [-0.2, 0) is 17.8 Å². The van der Waals surface area contributed by atoms with Crippen LogP contribution in [0.2, 0.25) is 5.02 Å². The monoisotopic (exact) mass is 359 g/mol. The van der Waals surface area contributed by atoms with Gasteiger partial charge < -0.3 is 14.4 Å². The van der Waals surface area contributed by atoms with Gasteiger partial charge in [0.15, 0.2) is 0 Å². The summed E-state index contributed by atoms with van der Waals surface area (Å²) in [6, 6.07) is 13.4. The molecule has 0 aliphatic heterocycles. The largest absolute Gasteiger partial charge is 0.497 e. The molecule has 1 saturated carbocycles. The minimum Gasteiger partial charge on any atom is -0.497 e. The van der Waals surface area contributed by atoms with Crippen LogP contribution in [0.25, 0.3) is 0 Å². The molecule has 25 heavy (non-hydrogen) atoms. The van der Waals surface area contributed by atoms with E-state index >= 15 is 0 Å². The van der Waals surface area contributed by atoms with Crippen molar-refractivity contribution in [1.29, 1.82) is 0 Å². The quantitative estimate of drug-likeness (QED) is 0.747. The lowest BCUT2D eigenvalue weighted by Gasteiger charge is -2.24. The molecule has 132 valence electrons. The van der Waals surface area contributed by atoms with Crippen LogP contribution < -0.4 is 9.47 Å². The third-order valence-electron chi connectivity index (χ3n) is 4.40. The predicted molar refractivity (Wildman–Crippen MR) is 98.3 cm³/mol. The first-order chi connectivity index (χ1) is 12.1. The fraction of sp³-hybridized carbons (Fsp3) is 0.350. The second-order valence-corrected chi connectivity index (χ2v) is 6.67. The highest BCUT2D eigenvalue weighted by Crippen LogP contribution is 2.32. The number of rotatable bonds is 7. The molecular formula is C20H22ClNO3.